The van der Waals surface area contributed by atoms with Gasteiger partial charge in [-0.3, -0.25) is 9.59 Å². The average molecular weight is 449 g/mol. The Hall–Kier alpha value is -2.65. The molecule has 1 aromatic carbocycles. The Labute approximate surface area is 182 Å². The van der Waals surface area contributed by atoms with E-state index in [1.54, 1.807) is 9.80 Å². The Bertz CT molecular complexity index is 1020. The number of benzene rings is 1. The van der Waals surface area contributed by atoms with Crippen LogP contribution in [0, 0.1) is 11.6 Å². The van der Waals surface area contributed by atoms with Gasteiger partial charge in [-0.25, -0.2) is 18.7 Å². The van der Waals surface area contributed by atoms with E-state index in [-0.39, 0.29) is 22.7 Å². The molecule has 31 heavy (non-hydrogen) atoms. The number of nitrogens with zero attached hydrogens (tertiary/aromatic N) is 4. The number of fused-ring (bicyclic) bond motifs is 1. The average Bonchev–Trinajstić information content (AvgIpc) is 3.26. The van der Waals surface area contributed by atoms with E-state index in [0.717, 1.165) is 6.07 Å². The monoisotopic (exact) mass is 448 g/mol. The van der Waals surface area contributed by atoms with E-state index in [1.807, 2.05) is 0 Å². The van der Waals surface area contributed by atoms with Crippen LogP contribution in [0.3, 0.4) is 0 Å². The lowest BCUT2D eigenvalue weighted by molar-refractivity contribution is -0.142. The van der Waals surface area contributed by atoms with Crippen LogP contribution >= 0.6 is 11.6 Å². The normalized spacial score (nSPS) is 24.7. The molecule has 2 aromatic rings. The Morgan fingerprint density at radius 2 is 1.81 bits per heavy atom. The first-order chi connectivity index (χ1) is 14.9. The van der Waals surface area contributed by atoms with Crippen molar-refractivity contribution in [3.63, 3.8) is 0 Å². The number of carbonyl (C=O) groups excluding carboxylic acids is 2. The van der Waals surface area contributed by atoms with Gasteiger partial charge < -0.3 is 14.5 Å². The SMILES string of the molecule is O=C(c1cnc(Cl)cn1)N1CCC2(CC1)O[C@@H]1CC[C@@H](c3cc(F)cc(F)c3)N1C2=O. The lowest BCUT2D eigenvalue weighted by Crippen LogP contribution is -2.51. The van der Waals surface area contributed by atoms with Gasteiger partial charge >= 0.3 is 0 Å². The molecule has 0 bridgehead atoms. The number of hydrogen-bond acceptors (Lipinski definition) is 5. The second kappa shape index (κ2) is 7.49. The van der Waals surface area contributed by atoms with Gasteiger partial charge in [0.25, 0.3) is 11.8 Å². The summed E-state index contributed by atoms with van der Waals surface area (Å²) < 4.78 is 33.6. The molecule has 1 aromatic heterocycles. The van der Waals surface area contributed by atoms with Crippen LogP contribution in [-0.4, -0.2) is 56.5 Å². The number of amides is 2. The van der Waals surface area contributed by atoms with Crippen LogP contribution in [0.2, 0.25) is 5.15 Å². The number of aromatic nitrogens is 2. The Morgan fingerprint density at radius 3 is 2.45 bits per heavy atom. The maximum Gasteiger partial charge on any atom is 0.274 e. The molecule has 2 atom stereocenters. The van der Waals surface area contributed by atoms with Gasteiger partial charge in [-0.15, -0.1) is 0 Å². The predicted octanol–water partition coefficient (Wildman–Crippen LogP) is 3.10. The van der Waals surface area contributed by atoms with E-state index in [1.165, 1.54) is 24.5 Å². The van der Waals surface area contributed by atoms with Gasteiger partial charge in [0.05, 0.1) is 18.4 Å². The highest BCUT2D eigenvalue weighted by atomic mass is 35.5. The zero-order valence-corrected chi connectivity index (χ0v) is 17.2. The molecule has 3 fully saturated rings. The molecule has 2 amide bonds. The fourth-order valence-corrected chi connectivity index (χ4v) is 4.89. The molecule has 0 unspecified atom stereocenters. The van der Waals surface area contributed by atoms with Gasteiger partial charge in [0.15, 0.2) is 5.60 Å². The van der Waals surface area contributed by atoms with Gasteiger partial charge in [-0.2, -0.15) is 0 Å². The summed E-state index contributed by atoms with van der Waals surface area (Å²) in [6, 6.07) is 2.93. The Kier molecular flexibility index (Phi) is 4.90. The fourth-order valence-electron chi connectivity index (χ4n) is 4.80. The second-order valence-electron chi connectivity index (χ2n) is 8.09. The quantitative estimate of drug-likeness (QED) is 0.705. The standard InChI is InChI=1S/C21H19ClF2N4O3/c22-17-11-25-15(10-26-17)19(29)27-5-3-21(4-6-27)20(30)28-16(1-2-18(28)31-21)12-7-13(23)9-14(24)8-12/h7-11,16,18H,1-6H2/t16-,18+/m0/s1. The molecule has 7 nitrogen and oxygen atoms in total. The third-order valence-corrected chi connectivity index (χ3v) is 6.48. The highest BCUT2D eigenvalue weighted by Gasteiger charge is 2.58. The third-order valence-electron chi connectivity index (χ3n) is 6.29. The second-order valence-corrected chi connectivity index (χ2v) is 8.48. The van der Waals surface area contributed by atoms with Crippen molar-refractivity contribution < 1.29 is 23.1 Å². The van der Waals surface area contributed by atoms with E-state index >= 15 is 0 Å². The van der Waals surface area contributed by atoms with Crippen molar-refractivity contribution in [1.82, 2.24) is 19.8 Å². The molecule has 3 saturated heterocycles. The minimum Gasteiger partial charge on any atom is -0.342 e. The van der Waals surface area contributed by atoms with Gasteiger partial charge in [0, 0.05) is 32.0 Å². The lowest BCUT2D eigenvalue weighted by Gasteiger charge is -2.37. The number of piperidine rings is 1. The molecule has 1 spiro atoms. The van der Waals surface area contributed by atoms with Crippen LogP contribution in [0.25, 0.3) is 0 Å². The predicted molar refractivity (Wildman–Crippen MR) is 105 cm³/mol. The van der Waals surface area contributed by atoms with Crippen molar-refractivity contribution >= 4 is 23.4 Å². The largest absolute Gasteiger partial charge is 0.342 e. The van der Waals surface area contributed by atoms with Crippen LogP contribution in [0.1, 0.15) is 47.8 Å². The van der Waals surface area contributed by atoms with Gasteiger partial charge in [-0.1, -0.05) is 11.6 Å². The Balaban J connectivity index is 1.31. The summed E-state index contributed by atoms with van der Waals surface area (Å²) in [4.78, 5) is 37.2. The molecule has 162 valence electrons. The molecular formula is C21H19ClF2N4O3. The van der Waals surface area contributed by atoms with Crippen LogP contribution in [-0.2, 0) is 9.53 Å². The zero-order valence-electron chi connectivity index (χ0n) is 16.4. The molecule has 0 N–H and O–H groups in total. The van der Waals surface area contributed by atoms with Crippen molar-refractivity contribution in [2.45, 2.75) is 43.6 Å². The molecule has 10 heteroatoms. The Morgan fingerprint density at radius 1 is 1.10 bits per heavy atom. The molecule has 0 aliphatic carbocycles. The van der Waals surface area contributed by atoms with Crippen LogP contribution < -0.4 is 0 Å². The summed E-state index contributed by atoms with van der Waals surface area (Å²) in [6.45, 7) is 0.656. The van der Waals surface area contributed by atoms with E-state index < -0.39 is 29.5 Å². The van der Waals surface area contributed by atoms with E-state index in [4.69, 9.17) is 16.3 Å². The fraction of sp³-hybridized carbons (Fsp3) is 0.429. The van der Waals surface area contributed by atoms with E-state index in [9.17, 15) is 18.4 Å². The van der Waals surface area contributed by atoms with Crippen molar-refractivity contribution in [2.75, 3.05) is 13.1 Å². The minimum atomic E-state index is -1.02. The summed E-state index contributed by atoms with van der Waals surface area (Å²) in [5, 5.41) is 0.201. The topological polar surface area (TPSA) is 75.6 Å². The summed E-state index contributed by atoms with van der Waals surface area (Å²) in [5.41, 5.74) is -0.395. The molecular weight excluding hydrogens is 430 g/mol. The smallest absolute Gasteiger partial charge is 0.274 e. The van der Waals surface area contributed by atoms with Crippen molar-refractivity contribution in [1.29, 1.82) is 0 Å². The first-order valence-corrected chi connectivity index (χ1v) is 10.5. The van der Waals surface area contributed by atoms with Gasteiger partial charge in [0.2, 0.25) is 0 Å². The number of halogens is 3. The number of ether oxygens (including phenoxy) is 1. The maximum atomic E-state index is 13.7. The van der Waals surface area contributed by atoms with Gasteiger partial charge in [-0.05, 0) is 30.5 Å². The summed E-state index contributed by atoms with van der Waals surface area (Å²) in [6.07, 6.45) is 4.08. The first kappa shape index (κ1) is 20.3. The summed E-state index contributed by atoms with van der Waals surface area (Å²) >= 11 is 5.72. The van der Waals surface area contributed by atoms with Crippen molar-refractivity contribution in [3.8, 4) is 0 Å². The molecule has 0 radical (unpaired) electrons. The molecule has 0 saturated carbocycles. The highest BCUT2D eigenvalue weighted by Crippen LogP contribution is 2.47. The first-order valence-electron chi connectivity index (χ1n) is 10.1. The number of likely N-dealkylation sites (tertiary alicyclic amines) is 1. The highest BCUT2D eigenvalue weighted by molar-refractivity contribution is 6.29. The van der Waals surface area contributed by atoms with Crippen LogP contribution in [0.4, 0.5) is 8.78 Å². The minimum absolute atomic E-state index is 0.178. The van der Waals surface area contributed by atoms with E-state index in [2.05, 4.69) is 9.97 Å². The van der Waals surface area contributed by atoms with Crippen molar-refractivity contribution in [2.24, 2.45) is 0 Å². The van der Waals surface area contributed by atoms with E-state index in [0.29, 0.717) is 44.3 Å². The number of hydrogen-bond donors (Lipinski definition) is 0. The number of carbonyl (C=O) groups is 2. The molecule has 4 heterocycles. The van der Waals surface area contributed by atoms with Crippen LogP contribution in [0.5, 0.6) is 0 Å². The molecule has 3 aliphatic rings. The molecule has 3 aliphatic heterocycles. The zero-order chi connectivity index (χ0) is 21.8. The van der Waals surface area contributed by atoms with Crippen LogP contribution in [0.15, 0.2) is 30.6 Å². The van der Waals surface area contributed by atoms with Gasteiger partial charge in [0.1, 0.15) is 28.7 Å². The van der Waals surface area contributed by atoms with Crippen molar-refractivity contribution in [3.05, 3.63) is 58.6 Å². The third kappa shape index (κ3) is 3.45. The summed E-state index contributed by atoms with van der Waals surface area (Å²) in [5.74, 6) is -1.79. The summed E-state index contributed by atoms with van der Waals surface area (Å²) in [7, 11) is 0. The molecule has 5 rings (SSSR count). The lowest BCUT2D eigenvalue weighted by atomic mass is 9.89. The number of rotatable bonds is 2. The maximum absolute atomic E-state index is 13.7.